The van der Waals surface area contributed by atoms with Crippen LogP contribution in [0.5, 0.6) is 0 Å². The SMILES string of the molecule is C=Cc1cc(C(=O)c2ccc3ccccc3c2)ccc1C.CCC. The number of carbonyl (C=O) groups is 1. The fourth-order valence-electron chi connectivity index (χ4n) is 2.50. The van der Waals surface area contributed by atoms with E-state index in [9.17, 15) is 4.79 Å². The van der Waals surface area contributed by atoms with Gasteiger partial charge in [0, 0.05) is 11.1 Å². The van der Waals surface area contributed by atoms with Gasteiger partial charge >= 0.3 is 0 Å². The number of benzene rings is 3. The molecule has 0 aliphatic carbocycles. The summed E-state index contributed by atoms with van der Waals surface area (Å²) < 4.78 is 0. The van der Waals surface area contributed by atoms with E-state index < -0.39 is 0 Å². The van der Waals surface area contributed by atoms with Gasteiger partial charge < -0.3 is 0 Å². The van der Waals surface area contributed by atoms with E-state index >= 15 is 0 Å². The molecule has 1 heteroatoms. The lowest BCUT2D eigenvalue weighted by atomic mass is 9.97. The summed E-state index contributed by atoms with van der Waals surface area (Å²) in [4.78, 5) is 12.6. The third-order valence-electron chi connectivity index (χ3n) is 3.77. The molecule has 122 valence electrons. The molecule has 0 aromatic heterocycles. The van der Waals surface area contributed by atoms with E-state index in [0.717, 1.165) is 21.9 Å². The number of hydrogen-bond donors (Lipinski definition) is 0. The lowest BCUT2D eigenvalue weighted by Gasteiger charge is -2.06. The molecule has 0 amide bonds. The molecule has 0 heterocycles. The van der Waals surface area contributed by atoms with Crippen molar-refractivity contribution < 1.29 is 4.79 Å². The van der Waals surface area contributed by atoms with Crippen molar-refractivity contribution in [2.24, 2.45) is 0 Å². The van der Waals surface area contributed by atoms with E-state index in [1.165, 1.54) is 6.42 Å². The van der Waals surface area contributed by atoms with E-state index in [-0.39, 0.29) is 5.78 Å². The molecule has 0 spiro atoms. The molecular formula is C23H24O. The second-order valence-corrected chi connectivity index (χ2v) is 5.87. The van der Waals surface area contributed by atoms with Gasteiger partial charge in [0.1, 0.15) is 0 Å². The molecule has 0 aliphatic heterocycles. The molecule has 0 fully saturated rings. The highest BCUT2D eigenvalue weighted by molar-refractivity contribution is 6.10. The van der Waals surface area contributed by atoms with Crippen molar-refractivity contribution in [1.82, 2.24) is 0 Å². The predicted molar refractivity (Wildman–Crippen MR) is 105 cm³/mol. The normalized spacial score (nSPS) is 9.96. The van der Waals surface area contributed by atoms with Crippen molar-refractivity contribution in [3.05, 3.63) is 89.5 Å². The highest BCUT2D eigenvalue weighted by Crippen LogP contribution is 2.20. The van der Waals surface area contributed by atoms with Crippen molar-refractivity contribution in [1.29, 1.82) is 0 Å². The number of rotatable bonds is 3. The summed E-state index contributed by atoms with van der Waals surface area (Å²) in [7, 11) is 0. The molecule has 1 nitrogen and oxygen atoms in total. The maximum atomic E-state index is 12.6. The van der Waals surface area contributed by atoms with Crippen LogP contribution < -0.4 is 0 Å². The van der Waals surface area contributed by atoms with Gasteiger partial charge in [-0.05, 0) is 41.0 Å². The monoisotopic (exact) mass is 316 g/mol. The minimum Gasteiger partial charge on any atom is -0.289 e. The maximum absolute atomic E-state index is 12.6. The fraction of sp³-hybridized carbons (Fsp3) is 0.174. The topological polar surface area (TPSA) is 17.1 Å². The van der Waals surface area contributed by atoms with Crippen molar-refractivity contribution in [3.63, 3.8) is 0 Å². The van der Waals surface area contributed by atoms with E-state index in [2.05, 4.69) is 20.4 Å². The number of aryl methyl sites for hydroxylation is 1. The smallest absolute Gasteiger partial charge is 0.193 e. The Morgan fingerprint density at radius 2 is 1.50 bits per heavy atom. The molecule has 0 saturated heterocycles. The second-order valence-electron chi connectivity index (χ2n) is 5.87. The number of ketones is 1. The van der Waals surface area contributed by atoms with Gasteiger partial charge in [-0.3, -0.25) is 4.79 Å². The Hall–Kier alpha value is -2.67. The minimum absolute atomic E-state index is 0.0452. The number of hydrogen-bond acceptors (Lipinski definition) is 1. The van der Waals surface area contributed by atoms with Gasteiger partial charge in [0.15, 0.2) is 5.78 Å². The lowest BCUT2D eigenvalue weighted by Crippen LogP contribution is -2.02. The van der Waals surface area contributed by atoms with Crippen molar-refractivity contribution in [2.45, 2.75) is 27.2 Å². The molecule has 0 aliphatic rings. The quantitative estimate of drug-likeness (QED) is 0.508. The number of carbonyl (C=O) groups excluding carboxylic acids is 1. The lowest BCUT2D eigenvalue weighted by molar-refractivity contribution is 0.103. The fourth-order valence-corrected chi connectivity index (χ4v) is 2.50. The minimum atomic E-state index is 0.0452. The van der Waals surface area contributed by atoms with Gasteiger partial charge in [0.05, 0.1) is 0 Å². The van der Waals surface area contributed by atoms with Crippen LogP contribution in [0.3, 0.4) is 0 Å². The van der Waals surface area contributed by atoms with Crippen LogP contribution in [-0.2, 0) is 0 Å². The highest BCUT2D eigenvalue weighted by atomic mass is 16.1. The molecule has 0 bridgehead atoms. The van der Waals surface area contributed by atoms with Gasteiger partial charge in [-0.2, -0.15) is 0 Å². The van der Waals surface area contributed by atoms with Gasteiger partial charge in [0.2, 0.25) is 0 Å². The highest BCUT2D eigenvalue weighted by Gasteiger charge is 2.10. The van der Waals surface area contributed by atoms with Crippen molar-refractivity contribution in [3.8, 4) is 0 Å². The first-order valence-corrected chi connectivity index (χ1v) is 8.37. The Bertz CT molecular complexity index is 859. The number of fused-ring (bicyclic) bond motifs is 1. The largest absolute Gasteiger partial charge is 0.289 e. The standard InChI is InChI=1S/C20H16O.C3H8/c1-3-15-12-18(9-8-14(15)2)20(21)19-11-10-16-6-4-5-7-17(16)13-19;1-3-2/h3-13H,1H2,2H3;3H2,1-2H3. The molecule has 0 atom stereocenters. The molecule has 0 radical (unpaired) electrons. The van der Waals surface area contributed by atoms with Gasteiger partial charge in [-0.1, -0.05) is 81.5 Å². The molecule has 3 aromatic carbocycles. The zero-order valence-electron chi connectivity index (χ0n) is 14.7. The Morgan fingerprint density at radius 3 is 2.17 bits per heavy atom. The van der Waals surface area contributed by atoms with Crippen LogP contribution >= 0.6 is 0 Å². The third-order valence-corrected chi connectivity index (χ3v) is 3.77. The van der Waals surface area contributed by atoms with Crippen molar-refractivity contribution >= 4 is 22.6 Å². The maximum Gasteiger partial charge on any atom is 0.193 e. The van der Waals surface area contributed by atoms with Gasteiger partial charge in [0.25, 0.3) is 0 Å². The third kappa shape index (κ3) is 3.99. The molecular weight excluding hydrogens is 292 g/mol. The molecule has 24 heavy (non-hydrogen) atoms. The summed E-state index contributed by atoms with van der Waals surface area (Å²) >= 11 is 0. The molecule has 3 rings (SSSR count). The van der Waals surface area contributed by atoms with Crippen molar-refractivity contribution in [2.75, 3.05) is 0 Å². The van der Waals surface area contributed by atoms with Crippen LogP contribution in [0.4, 0.5) is 0 Å². The summed E-state index contributed by atoms with van der Waals surface area (Å²) in [5.74, 6) is 0.0452. The zero-order chi connectivity index (χ0) is 17.5. The molecule has 0 unspecified atom stereocenters. The molecule has 0 saturated carbocycles. The Morgan fingerprint density at radius 1 is 0.917 bits per heavy atom. The first-order chi connectivity index (χ1) is 11.6. The molecule has 0 N–H and O–H groups in total. The summed E-state index contributed by atoms with van der Waals surface area (Å²) in [6, 6.07) is 19.6. The zero-order valence-corrected chi connectivity index (χ0v) is 14.7. The van der Waals surface area contributed by atoms with E-state index in [4.69, 9.17) is 0 Å². The first kappa shape index (κ1) is 17.7. The first-order valence-electron chi connectivity index (χ1n) is 8.37. The Labute approximate surface area is 144 Å². The van der Waals surface area contributed by atoms with E-state index in [0.29, 0.717) is 11.1 Å². The Balaban J connectivity index is 0.000000647. The summed E-state index contributed by atoms with van der Waals surface area (Å²) in [6.07, 6.45) is 3.03. The second kappa shape index (κ2) is 8.26. The van der Waals surface area contributed by atoms with Crippen LogP contribution in [0.1, 0.15) is 47.3 Å². The van der Waals surface area contributed by atoms with Crippen LogP contribution in [0, 0.1) is 6.92 Å². The van der Waals surface area contributed by atoms with Gasteiger partial charge in [-0.15, -0.1) is 0 Å². The van der Waals surface area contributed by atoms with Crippen LogP contribution in [0.15, 0.2) is 67.2 Å². The van der Waals surface area contributed by atoms with Crippen LogP contribution in [0.2, 0.25) is 0 Å². The van der Waals surface area contributed by atoms with Gasteiger partial charge in [-0.25, -0.2) is 0 Å². The van der Waals surface area contributed by atoms with E-state index in [1.54, 1.807) is 6.08 Å². The molecule has 3 aromatic rings. The van der Waals surface area contributed by atoms with E-state index in [1.807, 2.05) is 67.6 Å². The average molecular weight is 316 g/mol. The summed E-state index contributed by atoms with van der Waals surface area (Å²) in [6.45, 7) is 10.1. The van der Waals surface area contributed by atoms with Crippen LogP contribution in [0.25, 0.3) is 16.8 Å². The predicted octanol–water partition coefficient (Wildman–Crippen LogP) is 6.44. The average Bonchev–Trinajstić information content (AvgIpc) is 2.62. The summed E-state index contributed by atoms with van der Waals surface area (Å²) in [5, 5.41) is 2.23. The Kier molecular flexibility index (Phi) is 6.08. The summed E-state index contributed by atoms with van der Waals surface area (Å²) in [5.41, 5.74) is 3.54. The van der Waals surface area contributed by atoms with Crippen LogP contribution in [-0.4, -0.2) is 5.78 Å².